The zero-order chi connectivity index (χ0) is 20.5. The third-order valence-corrected chi connectivity index (χ3v) is 4.53. The van der Waals surface area contributed by atoms with Gasteiger partial charge in [-0.15, -0.1) is 6.42 Å². The average Bonchev–Trinajstić information content (AvgIpc) is 2.78. The number of amides is 1. The van der Waals surface area contributed by atoms with Crippen LogP contribution in [0.15, 0.2) is 78.9 Å². The van der Waals surface area contributed by atoms with Gasteiger partial charge in [0.25, 0.3) is 0 Å². The van der Waals surface area contributed by atoms with Crippen molar-refractivity contribution in [3.63, 3.8) is 0 Å². The van der Waals surface area contributed by atoms with Gasteiger partial charge >= 0.3 is 0 Å². The second kappa shape index (κ2) is 10.0. The third kappa shape index (κ3) is 5.18. The van der Waals surface area contributed by atoms with Crippen LogP contribution in [0.5, 0.6) is 11.5 Å². The van der Waals surface area contributed by atoms with Gasteiger partial charge in [0.2, 0.25) is 5.91 Å². The first-order chi connectivity index (χ1) is 14.2. The Morgan fingerprint density at radius 3 is 2.14 bits per heavy atom. The first kappa shape index (κ1) is 20.0. The van der Waals surface area contributed by atoms with Crippen LogP contribution < -0.4 is 14.8 Å². The molecular formula is C25H23NO3. The molecule has 0 spiro atoms. The number of nitrogens with one attached hydrogen (secondary N) is 1. The van der Waals surface area contributed by atoms with Crippen molar-refractivity contribution in [1.29, 1.82) is 0 Å². The highest BCUT2D eigenvalue weighted by atomic mass is 16.5. The van der Waals surface area contributed by atoms with Gasteiger partial charge in [0.05, 0.1) is 13.0 Å². The van der Waals surface area contributed by atoms with Gasteiger partial charge in [-0.3, -0.25) is 4.79 Å². The second-order valence-corrected chi connectivity index (χ2v) is 6.45. The van der Waals surface area contributed by atoms with E-state index in [1.54, 1.807) is 13.2 Å². The molecule has 0 saturated carbocycles. The van der Waals surface area contributed by atoms with Crippen molar-refractivity contribution in [2.75, 3.05) is 13.7 Å². The van der Waals surface area contributed by atoms with Gasteiger partial charge in [-0.1, -0.05) is 72.7 Å². The molecule has 0 aliphatic carbocycles. The molecule has 3 rings (SSSR count). The summed E-state index contributed by atoms with van der Waals surface area (Å²) in [6.45, 7) is 0.516. The Bertz CT molecular complexity index is 938. The van der Waals surface area contributed by atoms with E-state index in [2.05, 4.69) is 11.2 Å². The van der Waals surface area contributed by atoms with E-state index in [1.165, 1.54) is 0 Å². The predicted molar refractivity (Wildman–Crippen MR) is 114 cm³/mol. The molecule has 1 amide bonds. The summed E-state index contributed by atoms with van der Waals surface area (Å²) in [4.78, 5) is 13.1. The molecule has 0 aliphatic heterocycles. The highest BCUT2D eigenvalue weighted by molar-refractivity contribution is 5.87. The van der Waals surface area contributed by atoms with E-state index < -0.39 is 0 Å². The van der Waals surface area contributed by atoms with Gasteiger partial charge in [-0.2, -0.15) is 0 Å². The average molecular weight is 385 g/mol. The maximum Gasteiger partial charge on any atom is 0.232 e. The summed E-state index contributed by atoms with van der Waals surface area (Å²) in [5, 5.41) is 3.04. The van der Waals surface area contributed by atoms with Crippen molar-refractivity contribution >= 4 is 5.91 Å². The molecule has 3 aromatic carbocycles. The van der Waals surface area contributed by atoms with Gasteiger partial charge in [-0.25, -0.2) is 0 Å². The minimum absolute atomic E-state index is 0.0655. The summed E-state index contributed by atoms with van der Waals surface area (Å²) in [5.74, 6) is 3.15. The molecule has 0 bridgehead atoms. The fraction of sp³-hybridized carbons (Fsp3) is 0.160. The molecule has 0 fully saturated rings. The van der Waals surface area contributed by atoms with Crippen molar-refractivity contribution in [3.8, 4) is 23.8 Å². The Hall–Kier alpha value is -3.71. The number of terminal acetylenes is 1. The number of carbonyl (C=O) groups is 1. The molecule has 0 heterocycles. The summed E-state index contributed by atoms with van der Waals surface area (Å²) >= 11 is 0. The molecule has 1 N–H and O–H groups in total. The predicted octanol–water partition coefficient (Wildman–Crippen LogP) is 4.16. The molecule has 0 saturated heterocycles. The van der Waals surface area contributed by atoms with Gasteiger partial charge in [0.15, 0.2) is 11.5 Å². The smallest absolute Gasteiger partial charge is 0.232 e. The van der Waals surface area contributed by atoms with Crippen LogP contribution >= 0.6 is 0 Å². The van der Waals surface area contributed by atoms with Crippen LogP contribution in [0, 0.1) is 12.3 Å². The first-order valence-electron chi connectivity index (χ1n) is 9.33. The summed E-state index contributed by atoms with van der Waals surface area (Å²) < 4.78 is 10.8. The molecule has 4 nitrogen and oxygen atoms in total. The number of benzene rings is 3. The molecule has 0 atom stereocenters. The monoisotopic (exact) mass is 385 g/mol. The molecule has 0 unspecified atom stereocenters. The van der Waals surface area contributed by atoms with Crippen LogP contribution in [0.2, 0.25) is 0 Å². The molecular weight excluding hydrogens is 362 g/mol. The number of carbonyl (C=O) groups excluding carboxylic acids is 1. The topological polar surface area (TPSA) is 47.6 Å². The molecule has 0 aromatic heterocycles. The SMILES string of the molecule is C#CCOc1cc(CNC(=O)C(c2ccccc2)c2ccccc2)ccc1OC. The highest BCUT2D eigenvalue weighted by Crippen LogP contribution is 2.28. The van der Waals surface area contributed by atoms with Gasteiger partial charge in [0, 0.05) is 6.54 Å². The number of ether oxygens (including phenoxy) is 2. The van der Waals surface area contributed by atoms with Crippen molar-refractivity contribution in [3.05, 3.63) is 95.6 Å². The van der Waals surface area contributed by atoms with E-state index in [-0.39, 0.29) is 18.4 Å². The number of hydrogen-bond donors (Lipinski definition) is 1. The maximum absolute atomic E-state index is 13.1. The van der Waals surface area contributed by atoms with Crippen molar-refractivity contribution in [2.24, 2.45) is 0 Å². The Labute approximate surface area is 171 Å². The molecule has 0 radical (unpaired) electrons. The van der Waals surface area contributed by atoms with Crippen LogP contribution in [0.25, 0.3) is 0 Å². The van der Waals surface area contributed by atoms with Crippen molar-refractivity contribution in [2.45, 2.75) is 12.5 Å². The normalized spacial score (nSPS) is 10.2. The maximum atomic E-state index is 13.1. The van der Waals surface area contributed by atoms with E-state index >= 15 is 0 Å². The van der Waals surface area contributed by atoms with E-state index in [0.29, 0.717) is 18.0 Å². The highest BCUT2D eigenvalue weighted by Gasteiger charge is 2.22. The second-order valence-electron chi connectivity index (χ2n) is 6.45. The standard InChI is InChI=1S/C25H23NO3/c1-3-16-29-23-17-19(14-15-22(23)28-2)18-26-25(27)24(20-10-6-4-7-11-20)21-12-8-5-9-13-21/h1,4-15,17,24H,16,18H2,2H3,(H,26,27). The lowest BCUT2D eigenvalue weighted by Gasteiger charge is -2.18. The van der Waals surface area contributed by atoms with Crippen LogP contribution in [-0.4, -0.2) is 19.6 Å². The Morgan fingerprint density at radius 1 is 0.966 bits per heavy atom. The summed E-state index contributed by atoms with van der Waals surface area (Å²) in [6, 6.07) is 25.1. The Morgan fingerprint density at radius 2 is 1.59 bits per heavy atom. The zero-order valence-corrected chi connectivity index (χ0v) is 16.3. The Kier molecular flexibility index (Phi) is 6.91. The Balaban J connectivity index is 1.78. The van der Waals surface area contributed by atoms with Gasteiger partial charge in [-0.05, 0) is 28.8 Å². The fourth-order valence-corrected chi connectivity index (χ4v) is 3.14. The minimum atomic E-state index is -0.382. The van der Waals surface area contributed by atoms with Crippen LogP contribution in [0.1, 0.15) is 22.6 Å². The molecule has 3 aromatic rings. The van der Waals surface area contributed by atoms with Crippen molar-refractivity contribution in [1.82, 2.24) is 5.32 Å². The van der Waals surface area contributed by atoms with E-state index in [1.807, 2.05) is 72.8 Å². The minimum Gasteiger partial charge on any atom is -0.493 e. The van der Waals surface area contributed by atoms with Gasteiger partial charge in [0.1, 0.15) is 6.61 Å². The van der Waals surface area contributed by atoms with E-state index in [4.69, 9.17) is 15.9 Å². The number of rotatable bonds is 8. The summed E-state index contributed by atoms with van der Waals surface area (Å²) in [7, 11) is 1.57. The lowest BCUT2D eigenvalue weighted by atomic mass is 9.90. The number of methoxy groups -OCH3 is 1. The molecule has 29 heavy (non-hydrogen) atoms. The first-order valence-corrected chi connectivity index (χ1v) is 9.33. The van der Waals surface area contributed by atoms with Gasteiger partial charge < -0.3 is 14.8 Å². The van der Waals surface area contributed by atoms with Crippen LogP contribution in [0.4, 0.5) is 0 Å². The van der Waals surface area contributed by atoms with Crippen LogP contribution in [-0.2, 0) is 11.3 Å². The zero-order valence-electron chi connectivity index (χ0n) is 16.3. The lowest BCUT2D eigenvalue weighted by Crippen LogP contribution is -2.29. The summed E-state index contributed by atoms with van der Waals surface area (Å²) in [5.41, 5.74) is 2.79. The number of hydrogen-bond acceptors (Lipinski definition) is 3. The van der Waals surface area contributed by atoms with E-state index in [0.717, 1.165) is 16.7 Å². The van der Waals surface area contributed by atoms with Crippen molar-refractivity contribution < 1.29 is 14.3 Å². The molecule has 146 valence electrons. The largest absolute Gasteiger partial charge is 0.493 e. The third-order valence-electron chi connectivity index (χ3n) is 4.53. The molecule has 4 heteroatoms. The quantitative estimate of drug-likeness (QED) is 0.593. The van der Waals surface area contributed by atoms with Crippen LogP contribution in [0.3, 0.4) is 0 Å². The fourth-order valence-electron chi connectivity index (χ4n) is 3.14. The van der Waals surface area contributed by atoms with E-state index in [9.17, 15) is 4.79 Å². The lowest BCUT2D eigenvalue weighted by molar-refractivity contribution is -0.121. The molecule has 0 aliphatic rings. The summed E-state index contributed by atoms with van der Waals surface area (Å²) in [6.07, 6.45) is 5.28.